The van der Waals surface area contributed by atoms with Crippen molar-refractivity contribution in [2.45, 2.75) is 13.8 Å². The molecule has 0 atom stereocenters. The lowest BCUT2D eigenvalue weighted by molar-refractivity contribution is 0.00715. The first kappa shape index (κ1) is 11.4. The molecule has 2 rings (SSSR count). The van der Waals surface area contributed by atoms with Gasteiger partial charge < -0.3 is 9.64 Å². The first-order chi connectivity index (χ1) is 7.24. The zero-order valence-electron chi connectivity index (χ0n) is 10.0. The Labute approximate surface area is 93.4 Å². The van der Waals surface area contributed by atoms with Gasteiger partial charge in [0.25, 0.3) is 0 Å². The summed E-state index contributed by atoms with van der Waals surface area (Å²) in [6.07, 6.45) is 0. The van der Waals surface area contributed by atoms with E-state index in [1.54, 1.807) is 0 Å². The fraction of sp³-hybridized carbons (Fsp3) is 0.917. The van der Waals surface area contributed by atoms with Crippen LogP contribution in [0.4, 0.5) is 0 Å². The van der Waals surface area contributed by atoms with Gasteiger partial charge in [-0.15, -0.1) is 0 Å². The molecule has 1 radical (unpaired) electrons. The number of morpholine rings is 1. The molecule has 0 saturated carbocycles. The summed E-state index contributed by atoms with van der Waals surface area (Å²) >= 11 is 0. The Hall–Kier alpha value is -0.120. The summed E-state index contributed by atoms with van der Waals surface area (Å²) in [5.74, 6) is 2.43. The third-order valence-corrected chi connectivity index (χ3v) is 3.19. The Morgan fingerprint density at radius 2 is 1.80 bits per heavy atom. The van der Waals surface area contributed by atoms with Crippen LogP contribution in [0.1, 0.15) is 13.8 Å². The number of hydrogen-bond acceptors (Lipinski definition) is 3. The Morgan fingerprint density at radius 1 is 1.13 bits per heavy atom. The summed E-state index contributed by atoms with van der Waals surface area (Å²) in [6, 6.07) is 0. The first-order valence-corrected chi connectivity index (χ1v) is 6.05. The van der Waals surface area contributed by atoms with Crippen molar-refractivity contribution in [3.8, 4) is 0 Å². The summed E-state index contributed by atoms with van der Waals surface area (Å²) in [5, 5.41) is 0. The van der Waals surface area contributed by atoms with Crippen LogP contribution in [0.2, 0.25) is 0 Å². The van der Waals surface area contributed by atoms with Crippen molar-refractivity contribution >= 4 is 0 Å². The smallest absolute Gasteiger partial charge is 0.0594 e. The van der Waals surface area contributed by atoms with Gasteiger partial charge in [0.2, 0.25) is 0 Å². The van der Waals surface area contributed by atoms with E-state index in [1.807, 2.05) is 0 Å². The van der Waals surface area contributed by atoms with Crippen molar-refractivity contribution in [1.29, 1.82) is 0 Å². The van der Waals surface area contributed by atoms with Gasteiger partial charge in [-0.1, -0.05) is 13.8 Å². The molecular formula is C12H23N2O. The predicted molar refractivity (Wildman–Crippen MR) is 61.8 cm³/mol. The molecule has 2 heterocycles. The number of hydrogen-bond donors (Lipinski definition) is 0. The molecule has 0 aromatic rings. The predicted octanol–water partition coefficient (Wildman–Crippen LogP) is 0.865. The van der Waals surface area contributed by atoms with Crippen LogP contribution in [0.15, 0.2) is 0 Å². The zero-order valence-corrected chi connectivity index (χ0v) is 10.0. The molecular weight excluding hydrogens is 188 g/mol. The minimum absolute atomic E-state index is 0.905. The third kappa shape index (κ3) is 3.44. The second-order valence-corrected chi connectivity index (χ2v) is 5.18. The van der Waals surface area contributed by atoms with Crippen LogP contribution >= 0.6 is 0 Å². The van der Waals surface area contributed by atoms with Gasteiger partial charge in [0.05, 0.1) is 13.2 Å². The van der Waals surface area contributed by atoms with E-state index < -0.39 is 0 Å². The Kier molecular flexibility index (Phi) is 4.00. The molecule has 2 aliphatic heterocycles. The molecule has 0 amide bonds. The summed E-state index contributed by atoms with van der Waals surface area (Å²) in [7, 11) is 0. The summed E-state index contributed by atoms with van der Waals surface area (Å²) < 4.78 is 5.35. The van der Waals surface area contributed by atoms with Crippen molar-refractivity contribution in [2.24, 2.45) is 5.92 Å². The van der Waals surface area contributed by atoms with Gasteiger partial charge in [0.1, 0.15) is 0 Å². The lowest BCUT2D eigenvalue weighted by atomic mass is 9.98. The summed E-state index contributed by atoms with van der Waals surface area (Å²) in [6.45, 7) is 13.6. The molecule has 15 heavy (non-hydrogen) atoms. The molecule has 2 aliphatic rings. The van der Waals surface area contributed by atoms with Gasteiger partial charge in [0.15, 0.2) is 0 Å². The first-order valence-electron chi connectivity index (χ1n) is 6.05. The highest BCUT2D eigenvalue weighted by Gasteiger charge is 2.28. The Morgan fingerprint density at radius 3 is 2.40 bits per heavy atom. The van der Waals surface area contributed by atoms with Crippen LogP contribution in [0.25, 0.3) is 0 Å². The molecule has 0 spiro atoms. The average Bonchev–Trinajstić information content (AvgIpc) is 2.15. The second-order valence-electron chi connectivity index (χ2n) is 5.18. The zero-order chi connectivity index (χ0) is 10.7. The molecule has 0 unspecified atom stereocenters. The van der Waals surface area contributed by atoms with Crippen LogP contribution in [-0.4, -0.2) is 62.3 Å². The van der Waals surface area contributed by atoms with Gasteiger partial charge in [-0.2, -0.15) is 0 Å². The van der Waals surface area contributed by atoms with Crippen molar-refractivity contribution in [3.05, 3.63) is 5.92 Å². The number of likely N-dealkylation sites (tertiary alicyclic amines) is 1. The maximum Gasteiger partial charge on any atom is 0.0594 e. The number of rotatable bonds is 4. The van der Waals surface area contributed by atoms with Crippen LogP contribution in [-0.2, 0) is 4.74 Å². The van der Waals surface area contributed by atoms with Gasteiger partial charge in [-0.25, -0.2) is 0 Å². The normalized spacial score (nSPS) is 25.8. The summed E-state index contributed by atoms with van der Waals surface area (Å²) in [5.41, 5.74) is 0. The van der Waals surface area contributed by atoms with E-state index in [1.165, 1.54) is 32.1 Å². The molecule has 0 aliphatic carbocycles. The molecule has 0 aromatic heterocycles. The number of ether oxygens (including phenoxy) is 1. The fourth-order valence-corrected chi connectivity index (χ4v) is 2.52. The van der Waals surface area contributed by atoms with Crippen molar-refractivity contribution in [2.75, 3.05) is 52.5 Å². The number of nitrogens with zero attached hydrogens (tertiary/aromatic N) is 2. The van der Waals surface area contributed by atoms with Crippen molar-refractivity contribution in [3.63, 3.8) is 0 Å². The minimum Gasteiger partial charge on any atom is -0.379 e. The van der Waals surface area contributed by atoms with E-state index in [2.05, 4.69) is 23.6 Å². The molecule has 2 saturated heterocycles. The highest BCUT2D eigenvalue weighted by Crippen LogP contribution is 2.18. The van der Waals surface area contributed by atoms with Gasteiger partial charge in [-0.3, -0.25) is 4.90 Å². The molecule has 87 valence electrons. The topological polar surface area (TPSA) is 15.7 Å². The molecule has 3 nitrogen and oxygen atoms in total. The van der Waals surface area contributed by atoms with E-state index in [0.29, 0.717) is 0 Å². The minimum atomic E-state index is 0.905. The van der Waals surface area contributed by atoms with Gasteiger partial charge >= 0.3 is 0 Å². The lowest BCUT2D eigenvalue weighted by Gasteiger charge is -2.43. The Balaban J connectivity index is 1.58. The third-order valence-electron chi connectivity index (χ3n) is 3.19. The van der Waals surface area contributed by atoms with E-state index >= 15 is 0 Å². The van der Waals surface area contributed by atoms with Crippen molar-refractivity contribution < 1.29 is 4.74 Å². The second kappa shape index (κ2) is 5.28. The largest absolute Gasteiger partial charge is 0.379 e. The van der Waals surface area contributed by atoms with Gasteiger partial charge in [0, 0.05) is 39.3 Å². The van der Waals surface area contributed by atoms with E-state index in [-0.39, 0.29) is 0 Å². The summed E-state index contributed by atoms with van der Waals surface area (Å²) in [4.78, 5) is 5.09. The molecule has 2 fully saturated rings. The fourth-order valence-electron chi connectivity index (χ4n) is 2.52. The quantitative estimate of drug-likeness (QED) is 0.686. The monoisotopic (exact) mass is 211 g/mol. The average molecular weight is 211 g/mol. The van der Waals surface area contributed by atoms with E-state index in [9.17, 15) is 0 Å². The molecule has 0 bridgehead atoms. The molecule has 0 N–H and O–H groups in total. The van der Waals surface area contributed by atoms with Crippen LogP contribution < -0.4 is 0 Å². The van der Waals surface area contributed by atoms with Crippen LogP contribution in [0.5, 0.6) is 0 Å². The standard InChI is InChI=1S/C12H23N2O/c1-11(2)7-14-9-12(10-14)8-13-3-5-15-6-4-13/h12H,3-10H2,1-2H3. The lowest BCUT2D eigenvalue weighted by Crippen LogP contribution is -2.53. The highest BCUT2D eigenvalue weighted by molar-refractivity contribution is 4.90. The van der Waals surface area contributed by atoms with E-state index in [4.69, 9.17) is 4.74 Å². The van der Waals surface area contributed by atoms with Crippen LogP contribution in [0, 0.1) is 11.8 Å². The van der Waals surface area contributed by atoms with Gasteiger partial charge in [-0.05, 0) is 11.8 Å². The maximum atomic E-state index is 5.35. The van der Waals surface area contributed by atoms with E-state index in [0.717, 1.165) is 32.2 Å². The Bertz CT molecular complexity index is 184. The molecule has 3 heteroatoms. The van der Waals surface area contributed by atoms with Crippen LogP contribution in [0.3, 0.4) is 0 Å². The van der Waals surface area contributed by atoms with Crippen molar-refractivity contribution in [1.82, 2.24) is 9.80 Å². The maximum absolute atomic E-state index is 5.35. The molecule has 0 aromatic carbocycles. The SMILES string of the molecule is C[C](C)CN1CC(CN2CCOCC2)C1. The highest BCUT2D eigenvalue weighted by atomic mass is 16.5.